The number of carbonyl (C=O) groups is 1. The SMILES string of the molecule is CNCC(O)C(c1cccc(F)c1)N1C(=O)C(C)(C)c2ccc(F)cc21. The zero-order chi connectivity index (χ0) is 19.1. The average molecular weight is 360 g/mol. The molecule has 0 saturated heterocycles. The number of likely N-dealkylation sites (N-methyl/N-ethyl adjacent to an activating group) is 1. The Labute approximate surface area is 151 Å². The fraction of sp³-hybridized carbons (Fsp3) is 0.350. The number of nitrogens with one attached hydrogen (secondary N) is 1. The third-order valence-corrected chi connectivity index (χ3v) is 4.89. The van der Waals surface area contributed by atoms with E-state index in [9.17, 15) is 18.7 Å². The molecule has 1 aliphatic heterocycles. The number of carbonyl (C=O) groups excluding carboxylic acids is 1. The van der Waals surface area contributed by atoms with Gasteiger partial charge in [0.2, 0.25) is 5.91 Å². The van der Waals surface area contributed by atoms with Crippen LogP contribution in [0.1, 0.15) is 31.0 Å². The second kappa shape index (κ2) is 6.78. The first-order valence-corrected chi connectivity index (χ1v) is 8.49. The average Bonchev–Trinajstić information content (AvgIpc) is 2.76. The van der Waals surface area contributed by atoms with Gasteiger partial charge in [0.1, 0.15) is 11.6 Å². The van der Waals surface area contributed by atoms with Gasteiger partial charge in [0, 0.05) is 6.54 Å². The highest BCUT2D eigenvalue weighted by Crippen LogP contribution is 2.46. The van der Waals surface area contributed by atoms with Crippen LogP contribution in [-0.4, -0.2) is 30.7 Å². The first kappa shape index (κ1) is 18.5. The standard InChI is InChI=1S/C20H22F2N2O2/c1-20(2)15-8-7-14(22)10-16(15)24(19(20)26)18(17(25)11-23-3)12-5-4-6-13(21)9-12/h4-10,17-18,23,25H,11H2,1-3H3. The molecule has 0 radical (unpaired) electrons. The molecular formula is C20H22F2N2O2. The summed E-state index contributed by atoms with van der Waals surface area (Å²) in [7, 11) is 1.68. The fourth-order valence-electron chi connectivity index (χ4n) is 3.59. The van der Waals surface area contributed by atoms with Gasteiger partial charge in [-0.25, -0.2) is 8.78 Å². The van der Waals surface area contributed by atoms with E-state index in [1.807, 2.05) is 0 Å². The van der Waals surface area contributed by atoms with E-state index in [1.54, 1.807) is 33.0 Å². The van der Waals surface area contributed by atoms with Crippen LogP contribution in [0.25, 0.3) is 0 Å². The molecule has 0 bridgehead atoms. The number of hydrogen-bond donors (Lipinski definition) is 2. The van der Waals surface area contributed by atoms with E-state index in [4.69, 9.17) is 0 Å². The minimum Gasteiger partial charge on any atom is -0.389 e. The van der Waals surface area contributed by atoms with Gasteiger partial charge >= 0.3 is 0 Å². The Morgan fingerprint density at radius 2 is 1.85 bits per heavy atom. The van der Waals surface area contributed by atoms with Gasteiger partial charge in [-0.1, -0.05) is 18.2 Å². The number of rotatable bonds is 5. The van der Waals surface area contributed by atoms with Crippen molar-refractivity contribution in [1.29, 1.82) is 0 Å². The number of anilines is 1. The first-order valence-electron chi connectivity index (χ1n) is 8.49. The van der Waals surface area contributed by atoms with Crippen molar-refractivity contribution >= 4 is 11.6 Å². The van der Waals surface area contributed by atoms with Crippen LogP contribution < -0.4 is 10.2 Å². The molecule has 26 heavy (non-hydrogen) atoms. The summed E-state index contributed by atoms with van der Waals surface area (Å²) < 4.78 is 27.7. The Balaban J connectivity index is 2.18. The molecule has 0 fully saturated rings. The van der Waals surface area contributed by atoms with Crippen molar-refractivity contribution in [3.8, 4) is 0 Å². The number of aliphatic hydroxyl groups is 1. The third-order valence-electron chi connectivity index (χ3n) is 4.89. The topological polar surface area (TPSA) is 52.6 Å². The van der Waals surface area contributed by atoms with Gasteiger partial charge in [-0.05, 0) is 56.3 Å². The van der Waals surface area contributed by atoms with Crippen molar-refractivity contribution < 1.29 is 18.7 Å². The maximum atomic E-state index is 13.9. The maximum absolute atomic E-state index is 13.9. The number of hydrogen-bond acceptors (Lipinski definition) is 3. The van der Waals surface area contributed by atoms with Gasteiger partial charge in [-0.15, -0.1) is 0 Å². The number of aliphatic hydroxyl groups excluding tert-OH is 1. The number of amides is 1. The highest BCUT2D eigenvalue weighted by Gasteiger charge is 2.48. The van der Waals surface area contributed by atoms with E-state index in [0.717, 1.165) is 0 Å². The van der Waals surface area contributed by atoms with Gasteiger partial charge in [0.05, 0.1) is 23.2 Å². The molecule has 138 valence electrons. The Morgan fingerprint density at radius 3 is 2.50 bits per heavy atom. The first-order chi connectivity index (χ1) is 12.3. The maximum Gasteiger partial charge on any atom is 0.237 e. The van der Waals surface area contributed by atoms with Crippen molar-refractivity contribution in [2.45, 2.75) is 31.4 Å². The molecular weight excluding hydrogens is 338 g/mol. The number of nitrogens with zero attached hydrogens (tertiary/aromatic N) is 1. The number of fused-ring (bicyclic) bond motifs is 1. The summed E-state index contributed by atoms with van der Waals surface area (Å²) in [5.74, 6) is -1.20. The molecule has 0 spiro atoms. The van der Waals surface area contributed by atoms with Crippen molar-refractivity contribution in [3.05, 3.63) is 65.2 Å². The zero-order valence-electron chi connectivity index (χ0n) is 15.0. The summed E-state index contributed by atoms with van der Waals surface area (Å²) in [4.78, 5) is 14.6. The van der Waals surface area contributed by atoms with Crippen LogP contribution in [0.3, 0.4) is 0 Å². The lowest BCUT2D eigenvalue weighted by atomic mass is 9.86. The molecule has 2 aromatic rings. The van der Waals surface area contributed by atoms with Crippen LogP contribution >= 0.6 is 0 Å². The summed E-state index contributed by atoms with van der Waals surface area (Å²) in [6.45, 7) is 3.72. The largest absolute Gasteiger partial charge is 0.389 e. The summed E-state index contributed by atoms with van der Waals surface area (Å²) in [6.07, 6.45) is -1.00. The van der Waals surface area contributed by atoms with Gasteiger partial charge in [0.25, 0.3) is 0 Å². The number of benzene rings is 2. The summed E-state index contributed by atoms with van der Waals surface area (Å²) in [5.41, 5.74) is 0.675. The second-order valence-electron chi connectivity index (χ2n) is 7.09. The quantitative estimate of drug-likeness (QED) is 0.862. The lowest BCUT2D eigenvalue weighted by Crippen LogP contribution is -2.45. The smallest absolute Gasteiger partial charge is 0.237 e. The highest BCUT2D eigenvalue weighted by atomic mass is 19.1. The molecule has 1 aliphatic rings. The van der Waals surface area contributed by atoms with Gasteiger partial charge < -0.3 is 15.3 Å². The predicted octanol–water partition coefficient (Wildman–Crippen LogP) is 2.91. The van der Waals surface area contributed by atoms with E-state index in [0.29, 0.717) is 16.8 Å². The fourth-order valence-corrected chi connectivity index (χ4v) is 3.59. The third kappa shape index (κ3) is 2.99. The summed E-state index contributed by atoms with van der Waals surface area (Å²) >= 11 is 0. The molecule has 3 rings (SSSR count). The van der Waals surface area contributed by atoms with Crippen molar-refractivity contribution in [2.24, 2.45) is 0 Å². The van der Waals surface area contributed by atoms with E-state index >= 15 is 0 Å². The minimum atomic E-state index is -1.00. The predicted molar refractivity (Wildman–Crippen MR) is 96.0 cm³/mol. The summed E-state index contributed by atoms with van der Waals surface area (Å²) in [5, 5.41) is 13.6. The number of halogens is 2. The van der Waals surface area contributed by atoms with Crippen molar-refractivity contribution in [1.82, 2.24) is 5.32 Å². The molecule has 0 aromatic heterocycles. The van der Waals surface area contributed by atoms with Crippen molar-refractivity contribution in [2.75, 3.05) is 18.5 Å². The Hall–Kier alpha value is -2.31. The molecule has 6 heteroatoms. The normalized spacial score (nSPS) is 17.9. The van der Waals surface area contributed by atoms with E-state index < -0.39 is 29.2 Å². The van der Waals surface area contributed by atoms with Gasteiger partial charge in [-0.2, -0.15) is 0 Å². The van der Waals surface area contributed by atoms with Gasteiger partial charge in [0.15, 0.2) is 0 Å². The summed E-state index contributed by atoms with van der Waals surface area (Å²) in [6, 6.07) is 9.14. The van der Waals surface area contributed by atoms with Crippen LogP contribution in [-0.2, 0) is 10.2 Å². The molecule has 2 aromatic carbocycles. The van der Waals surface area contributed by atoms with Crippen LogP contribution in [0.15, 0.2) is 42.5 Å². The van der Waals surface area contributed by atoms with Crippen LogP contribution in [0.5, 0.6) is 0 Å². The van der Waals surface area contributed by atoms with E-state index in [2.05, 4.69) is 5.32 Å². The molecule has 1 amide bonds. The monoisotopic (exact) mass is 360 g/mol. The molecule has 0 aliphatic carbocycles. The van der Waals surface area contributed by atoms with Crippen LogP contribution in [0.2, 0.25) is 0 Å². The van der Waals surface area contributed by atoms with Crippen LogP contribution in [0, 0.1) is 11.6 Å². The van der Waals surface area contributed by atoms with Gasteiger partial charge in [-0.3, -0.25) is 4.79 Å². The minimum absolute atomic E-state index is 0.191. The molecule has 0 saturated carbocycles. The molecule has 2 atom stereocenters. The Morgan fingerprint density at radius 1 is 1.15 bits per heavy atom. The second-order valence-corrected chi connectivity index (χ2v) is 7.09. The van der Waals surface area contributed by atoms with E-state index in [1.165, 1.54) is 35.2 Å². The molecule has 1 heterocycles. The Kier molecular flexibility index (Phi) is 4.82. The van der Waals surface area contributed by atoms with Crippen molar-refractivity contribution in [3.63, 3.8) is 0 Å². The zero-order valence-corrected chi connectivity index (χ0v) is 15.0. The van der Waals surface area contributed by atoms with Crippen LogP contribution in [0.4, 0.5) is 14.5 Å². The molecule has 4 nitrogen and oxygen atoms in total. The lowest BCUT2D eigenvalue weighted by Gasteiger charge is -2.33. The molecule has 2 N–H and O–H groups in total. The highest BCUT2D eigenvalue weighted by molar-refractivity contribution is 6.08. The molecule has 2 unspecified atom stereocenters. The van der Waals surface area contributed by atoms with E-state index in [-0.39, 0.29) is 12.5 Å². The Bertz CT molecular complexity index is 838. The lowest BCUT2D eigenvalue weighted by molar-refractivity contribution is -0.123.